The standard InChI is InChI=1S/C18H14O9S.C3H6O2/c19-7-1-10(22)16(11(23)2-7)28(17-12(24)3-8(20)4-13(17)25)18-14(26)5-9(21)6-15(18)27;1-2-3(4)5/h1-6H,(H8-,19,20,21,22,23,24,25,26,27);2H2,1H3,(H,4,5). The van der Waals surface area contributed by atoms with Crippen molar-refractivity contribution in [2.24, 2.45) is 0 Å². The summed E-state index contributed by atoms with van der Waals surface area (Å²) in [6.07, 6.45) is 0.111. The SMILES string of the molecule is CCC(=O)[O-].Oc1cc(O)c([S+](c2c(O)cc(O)cc2O)c2c(O)cc(O)cc2O)c(O)c1. The van der Waals surface area contributed by atoms with Gasteiger partial charge < -0.3 is 55.9 Å². The molecule has 33 heavy (non-hydrogen) atoms. The second-order valence-corrected chi connectivity index (χ2v) is 8.31. The van der Waals surface area contributed by atoms with Crippen molar-refractivity contribution in [3.05, 3.63) is 36.4 Å². The van der Waals surface area contributed by atoms with Gasteiger partial charge in [0, 0.05) is 42.4 Å². The highest BCUT2D eigenvalue weighted by molar-refractivity contribution is 7.97. The Morgan fingerprint density at radius 2 is 0.788 bits per heavy atom. The molecule has 3 aromatic carbocycles. The summed E-state index contributed by atoms with van der Waals surface area (Å²) < 4.78 is 0. The van der Waals surface area contributed by atoms with E-state index in [2.05, 4.69) is 0 Å². The molecule has 0 fully saturated rings. The summed E-state index contributed by atoms with van der Waals surface area (Å²) in [5.74, 6) is -6.45. The molecule has 9 N–H and O–H groups in total. The predicted molar refractivity (Wildman–Crippen MR) is 112 cm³/mol. The minimum atomic E-state index is -1.94. The van der Waals surface area contributed by atoms with E-state index in [0.717, 1.165) is 36.4 Å². The van der Waals surface area contributed by atoms with Crippen LogP contribution in [-0.2, 0) is 15.7 Å². The first-order valence-corrected chi connectivity index (χ1v) is 10.3. The molecule has 0 unspecified atom stereocenters. The van der Waals surface area contributed by atoms with Crippen molar-refractivity contribution in [3.8, 4) is 51.7 Å². The van der Waals surface area contributed by atoms with Gasteiger partial charge in [0.1, 0.15) is 28.1 Å². The van der Waals surface area contributed by atoms with Gasteiger partial charge in [-0.25, -0.2) is 0 Å². The number of hydrogen-bond donors (Lipinski definition) is 9. The quantitative estimate of drug-likeness (QED) is 0.242. The lowest BCUT2D eigenvalue weighted by molar-refractivity contribution is -0.305. The van der Waals surface area contributed by atoms with Crippen LogP contribution in [0, 0.1) is 0 Å². The summed E-state index contributed by atoms with van der Waals surface area (Å²) in [5.41, 5.74) is 0. The second-order valence-electron chi connectivity index (χ2n) is 6.47. The highest BCUT2D eigenvalue weighted by atomic mass is 32.2. The smallest absolute Gasteiger partial charge is 0.250 e. The van der Waals surface area contributed by atoms with E-state index in [4.69, 9.17) is 0 Å². The summed E-state index contributed by atoms with van der Waals surface area (Å²) in [5, 5.41) is 99.7. The zero-order chi connectivity index (χ0) is 25.0. The van der Waals surface area contributed by atoms with E-state index in [-0.39, 0.29) is 21.1 Å². The highest BCUT2D eigenvalue weighted by Crippen LogP contribution is 2.53. The van der Waals surface area contributed by atoms with E-state index in [1.807, 2.05) is 0 Å². The first kappa shape index (κ1) is 24.9. The van der Waals surface area contributed by atoms with Crippen LogP contribution in [0.2, 0.25) is 0 Å². The van der Waals surface area contributed by atoms with Crippen LogP contribution < -0.4 is 5.11 Å². The summed E-state index contributed by atoms with van der Waals surface area (Å²) in [7, 11) is -1.94. The number of aliphatic carboxylic acids is 1. The Morgan fingerprint density at radius 3 is 0.939 bits per heavy atom. The molecule has 0 atom stereocenters. The molecular formula is C21H20O11S. The van der Waals surface area contributed by atoms with Crippen LogP contribution in [0.4, 0.5) is 0 Å². The fraction of sp³-hybridized carbons (Fsp3) is 0.0952. The fourth-order valence-electron chi connectivity index (χ4n) is 2.69. The van der Waals surface area contributed by atoms with E-state index >= 15 is 0 Å². The maximum atomic E-state index is 10.3. The van der Waals surface area contributed by atoms with Crippen molar-refractivity contribution in [3.63, 3.8) is 0 Å². The molecule has 0 saturated carbocycles. The number of phenols is 9. The molecule has 176 valence electrons. The van der Waals surface area contributed by atoms with Gasteiger partial charge in [0.15, 0.2) is 34.5 Å². The molecule has 0 amide bonds. The Bertz CT molecular complexity index is 987. The third-order valence-corrected chi connectivity index (χ3v) is 6.48. The lowest BCUT2D eigenvalue weighted by atomic mass is 10.3. The van der Waals surface area contributed by atoms with Crippen molar-refractivity contribution in [1.82, 2.24) is 0 Å². The summed E-state index contributed by atoms with van der Waals surface area (Å²) in [6, 6.07) is 5.24. The number of benzene rings is 3. The van der Waals surface area contributed by atoms with E-state index < -0.39 is 68.6 Å². The van der Waals surface area contributed by atoms with Crippen molar-refractivity contribution in [2.75, 3.05) is 0 Å². The van der Waals surface area contributed by atoms with Gasteiger partial charge in [-0.15, -0.1) is 0 Å². The zero-order valence-electron chi connectivity index (χ0n) is 16.9. The topological polar surface area (TPSA) is 222 Å². The predicted octanol–water partition coefficient (Wildman–Crippen LogP) is 1.28. The van der Waals surface area contributed by atoms with Crippen LogP contribution in [0.5, 0.6) is 51.7 Å². The Morgan fingerprint density at radius 1 is 0.606 bits per heavy atom. The molecule has 0 aliphatic carbocycles. The summed E-state index contributed by atoms with van der Waals surface area (Å²) in [6.45, 7) is 1.54. The van der Waals surface area contributed by atoms with E-state index in [0.29, 0.717) is 0 Å². The number of carbonyl (C=O) groups excluding carboxylic acids is 1. The first-order valence-electron chi connectivity index (χ1n) is 9.06. The Balaban J connectivity index is 0.000000696. The molecule has 0 aromatic heterocycles. The molecule has 11 nitrogen and oxygen atoms in total. The minimum Gasteiger partial charge on any atom is -0.550 e. The molecular weight excluding hydrogens is 460 g/mol. The molecule has 0 heterocycles. The number of hydrogen-bond acceptors (Lipinski definition) is 11. The molecule has 0 saturated heterocycles. The molecule has 0 spiro atoms. The lowest BCUT2D eigenvalue weighted by Crippen LogP contribution is -2.19. The number of carboxylic acid groups (broad SMARTS) is 1. The third kappa shape index (κ3) is 5.49. The van der Waals surface area contributed by atoms with Crippen molar-refractivity contribution < 1.29 is 55.9 Å². The van der Waals surface area contributed by atoms with Crippen molar-refractivity contribution in [1.29, 1.82) is 0 Å². The first-order chi connectivity index (χ1) is 15.4. The van der Waals surface area contributed by atoms with Crippen LogP contribution in [0.25, 0.3) is 0 Å². The Kier molecular flexibility index (Phi) is 7.46. The van der Waals surface area contributed by atoms with Gasteiger partial charge >= 0.3 is 0 Å². The normalized spacial score (nSPS) is 10.5. The van der Waals surface area contributed by atoms with Gasteiger partial charge in [0.2, 0.25) is 14.7 Å². The number of aromatic hydroxyl groups is 9. The number of rotatable bonds is 4. The minimum absolute atomic E-state index is 0.111. The van der Waals surface area contributed by atoms with Crippen LogP contribution >= 0.6 is 0 Å². The Labute approximate surface area is 189 Å². The molecule has 0 aliphatic rings. The average molecular weight is 480 g/mol. The van der Waals surface area contributed by atoms with E-state index in [9.17, 15) is 55.9 Å². The number of carboxylic acids is 1. The Hall–Kier alpha value is -4.32. The third-order valence-electron chi connectivity index (χ3n) is 4.00. The van der Waals surface area contributed by atoms with Gasteiger partial charge in [-0.2, -0.15) is 0 Å². The maximum Gasteiger partial charge on any atom is 0.250 e. The molecule has 0 radical (unpaired) electrons. The van der Waals surface area contributed by atoms with Crippen LogP contribution in [0.3, 0.4) is 0 Å². The van der Waals surface area contributed by atoms with Gasteiger partial charge in [-0.3, -0.25) is 0 Å². The molecule has 3 rings (SSSR count). The number of phenolic OH excluding ortho intramolecular Hbond substituents is 9. The van der Waals surface area contributed by atoms with E-state index in [1.165, 1.54) is 6.92 Å². The lowest BCUT2D eigenvalue weighted by Gasteiger charge is -2.15. The fourth-order valence-corrected chi connectivity index (χ4v) is 4.91. The zero-order valence-corrected chi connectivity index (χ0v) is 17.7. The molecule has 3 aromatic rings. The monoisotopic (exact) mass is 480 g/mol. The van der Waals surface area contributed by atoms with Crippen LogP contribution in [0.15, 0.2) is 51.1 Å². The van der Waals surface area contributed by atoms with Gasteiger partial charge in [0.05, 0.1) is 0 Å². The van der Waals surface area contributed by atoms with Crippen molar-refractivity contribution >= 4 is 16.9 Å². The molecule has 12 heteroatoms. The van der Waals surface area contributed by atoms with Crippen molar-refractivity contribution in [2.45, 2.75) is 28.0 Å². The van der Waals surface area contributed by atoms with Gasteiger partial charge in [0.25, 0.3) is 0 Å². The highest BCUT2D eigenvalue weighted by Gasteiger charge is 2.44. The van der Waals surface area contributed by atoms with Crippen LogP contribution in [0.1, 0.15) is 13.3 Å². The second kappa shape index (κ2) is 9.87. The van der Waals surface area contributed by atoms with Crippen LogP contribution in [-0.4, -0.2) is 51.9 Å². The summed E-state index contributed by atoms with van der Waals surface area (Å²) in [4.78, 5) is 8.19. The molecule has 0 aliphatic heterocycles. The number of carbonyl (C=O) groups is 1. The average Bonchev–Trinajstić information content (AvgIpc) is 2.65. The maximum absolute atomic E-state index is 10.3. The van der Waals surface area contributed by atoms with E-state index in [1.54, 1.807) is 0 Å². The van der Waals surface area contributed by atoms with Gasteiger partial charge in [-0.05, 0) is 6.42 Å². The van der Waals surface area contributed by atoms with Gasteiger partial charge in [-0.1, -0.05) is 6.92 Å². The largest absolute Gasteiger partial charge is 0.550 e. The summed E-state index contributed by atoms with van der Waals surface area (Å²) >= 11 is 0. The molecule has 0 bridgehead atoms.